The lowest BCUT2D eigenvalue weighted by molar-refractivity contribution is -0.132. The molecule has 3 heteroatoms. The molecule has 0 N–H and O–H groups in total. The van der Waals surface area contributed by atoms with Gasteiger partial charge in [0.1, 0.15) is 6.04 Å². The Hall–Kier alpha value is -1.82. The summed E-state index contributed by atoms with van der Waals surface area (Å²) in [5.74, 6) is 0.249. The fourth-order valence-electron chi connectivity index (χ4n) is 1.88. The standard InChI is InChI=1S/C14H16N2O/c1-10-3-5-11(6-4-10)13(9-15)16(2)14(17)12-7-8-12/h3-6,12-13H,7-8H2,1-2H3. The van der Waals surface area contributed by atoms with Crippen molar-refractivity contribution in [2.75, 3.05) is 7.05 Å². The first-order valence-corrected chi connectivity index (χ1v) is 5.86. The van der Waals surface area contributed by atoms with E-state index in [1.165, 1.54) is 0 Å². The molecule has 0 heterocycles. The van der Waals surface area contributed by atoms with E-state index in [-0.39, 0.29) is 11.8 Å². The highest BCUT2D eigenvalue weighted by molar-refractivity contribution is 5.81. The molecule has 0 radical (unpaired) electrons. The van der Waals surface area contributed by atoms with Gasteiger partial charge < -0.3 is 4.90 Å². The number of amides is 1. The Bertz CT molecular complexity index is 454. The van der Waals surface area contributed by atoms with Gasteiger partial charge in [0.15, 0.2) is 0 Å². The third kappa shape index (κ3) is 2.47. The first kappa shape index (κ1) is 11.7. The van der Waals surface area contributed by atoms with E-state index < -0.39 is 6.04 Å². The first-order valence-electron chi connectivity index (χ1n) is 5.86. The van der Waals surface area contributed by atoms with Crippen LogP contribution < -0.4 is 0 Å². The second-order valence-corrected chi connectivity index (χ2v) is 4.67. The molecule has 1 amide bonds. The van der Waals surface area contributed by atoms with Crippen LogP contribution >= 0.6 is 0 Å². The third-order valence-electron chi connectivity index (χ3n) is 3.18. The van der Waals surface area contributed by atoms with E-state index in [1.807, 2.05) is 31.2 Å². The van der Waals surface area contributed by atoms with Crippen LogP contribution in [0, 0.1) is 24.2 Å². The van der Waals surface area contributed by atoms with Crippen molar-refractivity contribution < 1.29 is 4.79 Å². The highest BCUT2D eigenvalue weighted by atomic mass is 16.2. The molecular weight excluding hydrogens is 212 g/mol. The molecule has 88 valence electrons. The summed E-state index contributed by atoms with van der Waals surface area (Å²) in [5.41, 5.74) is 2.04. The zero-order valence-electron chi connectivity index (χ0n) is 10.2. The van der Waals surface area contributed by atoms with Gasteiger partial charge in [0.25, 0.3) is 0 Å². The van der Waals surface area contributed by atoms with Gasteiger partial charge >= 0.3 is 0 Å². The predicted molar refractivity (Wildman–Crippen MR) is 65.0 cm³/mol. The van der Waals surface area contributed by atoms with Crippen molar-refractivity contribution in [2.45, 2.75) is 25.8 Å². The van der Waals surface area contributed by atoms with Crippen LogP contribution in [0.5, 0.6) is 0 Å². The van der Waals surface area contributed by atoms with E-state index >= 15 is 0 Å². The van der Waals surface area contributed by atoms with Gasteiger partial charge in [-0.1, -0.05) is 29.8 Å². The Kier molecular flexibility index (Phi) is 3.14. The molecule has 0 saturated heterocycles. The van der Waals surface area contributed by atoms with Crippen molar-refractivity contribution in [3.8, 4) is 6.07 Å². The van der Waals surface area contributed by atoms with Crippen LogP contribution in [-0.2, 0) is 4.79 Å². The normalized spacial score (nSPS) is 16.1. The van der Waals surface area contributed by atoms with Gasteiger partial charge in [-0.3, -0.25) is 4.79 Å². The van der Waals surface area contributed by atoms with Gasteiger partial charge in [-0.25, -0.2) is 0 Å². The van der Waals surface area contributed by atoms with Gasteiger partial charge in [-0.05, 0) is 25.3 Å². The number of aryl methyl sites for hydroxylation is 1. The van der Waals surface area contributed by atoms with Gasteiger partial charge in [0, 0.05) is 13.0 Å². The summed E-state index contributed by atoms with van der Waals surface area (Å²) in [7, 11) is 1.72. The van der Waals surface area contributed by atoms with Gasteiger partial charge in [0.2, 0.25) is 5.91 Å². The third-order valence-corrected chi connectivity index (χ3v) is 3.18. The largest absolute Gasteiger partial charge is 0.326 e. The second-order valence-electron chi connectivity index (χ2n) is 4.67. The molecule has 0 spiro atoms. The van der Waals surface area contributed by atoms with Crippen LogP contribution in [0.1, 0.15) is 30.0 Å². The lowest BCUT2D eigenvalue weighted by Crippen LogP contribution is -2.31. The van der Waals surface area contributed by atoms with Crippen molar-refractivity contribution in [1.29, 1.82) is 5.26 Å². The molecule has 0 aromatic heterocycles. The molecular formula is C14H16N2O. The van der Waals surface area contributed by atoms with Gasteiger partial charge in [0.05, 0.1) is 6.07 Å². The molecule has 1 saturated carbocycles. The lowest BCUT2D eigenvalue weighted by atomic mass is 10.0. The number of nitriles is 1. The van der Waals surface area contributed by atoms with E-state index in [1.54, 1.807) is 11.9 Å². The molecule has 2 rings (SSSR count). The summed E-state index contributed by atoms with van der Waals surface area (Å²) in [5, 5.41) is 9.23. The Morgan fingerprint density at radius 3 is 2.47 bits per heavy atom. The molecule has 1 aromatic rings. The molecule has 17 heavy (non-hydrogen) atoms. The average molecular weight is 228 g/mol. The van der Waals surface area contributed by atoms with Gasteiger partial charge in [-0.2, -0.15) is 5.26 Å². The number of carbonyl (C=O) groups excluding carboxylic acids is 1. The predicted octanol–water partition coefficient (Wildman–Crippen LogP) is 2.43. The average Bonchev–Trinajstić information content (AvgIpc) is 3.15. The van der Waals surface area contributed by atoms with Crippen molar-refractivity contribution in [3.63, 3.8) is 0 Å². The van der Waals surface area contributed by atoms with E-state index in [0.29, 0.717) is 0 Å². The number of nitrogens with zero attached hydrogens (tertiary/aromatic N) is 2. The number of carbonyl (C=O) groups is 1. The first-order chi connectivity index (χ1) is 8.13. The van der Waals surface area contributed by atoms with E-state index in [9.17, 15) is 10.1 Å². The highest BCUT2D eigenvalue weighted by Gasteiger charge is 2.34. The quantitative estimate of drug-likeness (QED) is 0.797. The maximum absolute atomic E-state index is 11.9. The maximum Gasteiger partial charge on any atom is 0.226 e. The van der Waals surface area contributed by atoms with Crippen molar-refractivity contribution >= 4 is 5.91 Å². The summed E-state index contributed by atoms with van der Waals surface area (Å²) in [6.07, 6.45) is 1.93. The van der Waals surface area contributed by atoms with Crippen LogP contribution in [-0.4, -0.2) is 17.9 Å². The van der Waals surface area contributed by atoms with Crippen molar-refractivity contribution in [1.82, 2.24) is 4.90 Å². The Morgan fingerprint density at radius 2 is 2.00 bits per heavy atom. The van der Waals surface area contributed by atoms with Crippen LogP contribution in [0.15, 0.2) is 24.3 Å². The number of benzene rings is 1. The fraction of sp³-hybridized carbons (Fsp3) is 0.429. The molecule has 1 aliphatic rings. The molecule has 1 aliphatic carbocycles. The van der Waals surface area contributed by atoms with Crippen LogP contribution in [0.2, 0.25) is 0 Å². The van der Waals surface area contributed by atoms with E-state index in [2.05, 4.69) is 6.07 Å². The van der Waals surface area contributed by atoms with Crippen molar-refractivity contribution in [2.24, 2.45) is 5.92 Å². The fourth-order valence-corrected chi connectivity index (χ4v) is 1.88. The molecule has 1 unspecified atom stereocenters. The molecule has 1 fully saturated rings. The van der Waals surface area contributed by atoms with Crippen LogP contribution in [0.25, 0.3) is 0 Å². The van der Waals surface area contributed by atoms with Crippen LogP contribution in [0.3, 0.4) is 0 Å². The molecule has 3 nitrogen and oxygen atoms in total. The maximum atomic E-state index is 11.9. The molecule has 1 atom stereocenters. The Balaban J connectivity index is 2.18. The zero-order chi connectivity index (χ0) is 12.4. The molecule has 0 bridgehead atoms. The van der Waals surface area contributed by atoms with Crippen LogP contribution in [0.4, 0.5) is 0 Å². The topological polar surface area (TPSA) is 44.1 Å². The highest BCUT2D eigenvalue weighted by Crippen LogP contribution is 2.33. The molecule has 0 aliphatic heterocycles. The van der Waals surface area contributed by atoms with E-state index in [4.69, 9.17) is 0 Å². The Labute approximate surface area is 102 Å². The lowest BCUT2D eigenvalue weighted by Gasteiger charge is -2.23. The summed E-state index contributed by atoms with van der Waals surface area (Å²) < 4.78 is 0. The minimum Gasteiger partial charge on any atom is -0.326 e. The minimum atomic E-state index is -0.469. The smallest absolute Gasteiger partial charge is 0.226 e. The summed E-state index contributed by atoms with van der Waals surface area (Å²) >= 11 is 0. The minimum absolute atomic E-state index is 0.0946. The van der Waals surface area contributed by atoms with Gasteiger partial charge in [-0.15, -0.1) is 0 Å². The summed E-state index contributed by atoms with van der Waals surface area (Å²) in [4.78, 5) is 13.5. The monoisotopic (exact) mass is 228 g/mol. The Morgan fingerprint density at radius 1 is 1.41 bits per heavy atom. The summed E-state index contributed by atoms with van der Waals surface area (Å²) in [6.45, 7) is 2.00. The number of hydrogen-bond acceptors (Lipinski definition) is 2. The molecule has 1 aromatic carbocycles. The second kappa shape index (κ2) is 4.58. The zero-order valence-corrected chi connectivity index (χ0v) is 10.2. The van der Waals surface area contributed by atoms with E-state index in [0.717, 1.165) is 24.0 Å². The number of hydrogen-bond donors (Lipinski definition) is 0. The number of rotatable bonds is 3. The summed E-state index contributed by atoms with van der Waals surface area (Å²) in [6, 6.07) is 9.51. The van der Waals surface area contributed by atoms with Crippen molar-refractivity contribution in [3.05, 3.63) is 35.4 Å². The SMILES string of the molecule is Cc1ccc(C(C#N)N(C)C(=O)C2CC2)cc1.